The predicted octanol–water partition coefficient (Wildman–Crippen LogP) is 2.75. The topological polar surface area (TPSA) is 82.8 Å². The standard InChI is InChI=1S/C19H24N2O4S/c1-13-11-15(14(2)25-13)17(22)20-12-19(24)6-4-8-21(9-7-19)18(23)16-5-3-10-26-16/h3,5,10-11,24H,4,6-9,12H2,1-2H3,(H,20,22)/t19-/m1/s1. The van der Waals surface area contributed by atoms with Crippen molar-refractivity contribution in [3.8, 4) is 0 Å². The molecular weight excluding hydrogens is 352 g/mol. The maximum atomic E-state index is 12.5. The highest BCUT2D eigenvalue weighted by Crippen LogP contribution is 2.24. The van der Waals surface area contributed by atoms with Gasteiger partial charge in [-0.2, -0.15) is 0 Å². The van der Waals surface area contributed by atoms with Gasteiger partial charge < -0.3 is 19.7 Å². The van der Waals surface area contributed by atoms with Gasteiger partial charge in [0.25, 0.3) is 11.8 Å². The van der Waals surface area contributed by atoms with Crippen molar-refractivity contribution in [1.29, 1.82) is 0 Å². The van der Waals surface area contributed by atoms with Crippen LogP contribution in [0.15, 0.2) is 28.0 Å². The van der Waals surface area contributed by atoms with E-state index in [0.717, 1.165) is 4.88 Å². The number of hydrogen-bond acceptors (Lipinski definition) is 5. The zero-order valence-electron chi connectivity index (χ0n) is 15.1. The number of carbonyl (C=O) groups excluding carboxylic acids is 2. The van der Waals surface area contributed by atoms with Gasteiger partial charge in [-0.1, -0.05) is 6.07 Å². The normalized spacial score (nSPS) is 20.7. The van der Waals surface area contributed by atoms with Crippen LogP contribution in [-0.4, -0.2) is 47.1 Å². The fourth-order valence-electron chi connectivity index (χ4n) is 3.31. The molecule has 2 aromatic rings. The summed E-state index contributed by atoms with van der Waals surface area (Å²) in [5.74, 6) is 1.02. The fraction of sp³-hybridized carbons (Fsp3) is 0.474. The first kappa shape index (κ1) is 18.7. The Morgan fingerprint density at radius 2 is 2.15 bits per heavy atom. The molecule has 0 aromatic carbocycles. The molecule has 1 atom stereocenters. The molecule has 1 aliphatic heterocycles. The van der Waals surface area contributed by atoms with E-state index in [2.05, 4.69) is 5.32 Å². The minimum absolute atomic E-state index is 0.0118. The Kier molecular flexibility index (Phi) is 5.48. The highest BCUT2D eigenvalue weighted by atomic mass is 32.1. The Morgan fingerprint density at radius 3 is 2.81 bits per heavy atom. The second-order valence-corrected chi connectivity index (χ2v) is 7.80. The first-order chi connectivity index (χ1) is 12.4. The summed E-state index contributed by atoms with van der Waals surface area (Å²) >= 11 is 1.43. The summed E-state index contributed by atoms with van der Waals surface area (Å²) in [6.07, 6.45) is 1.69. The van der Waals surface area contributed by atoms with E-state index in [1.54, 1.807) is 24.8 Å². The monoisotopic (exact) mass is 376 g/mol. The van der Waals surface area contributed by atoms with Crippen LogP contribution >= 0.6 is 11.3 Å². The molecule has 3 rings (SSSR count). The molecule has 3 heterocycles. The summed E-state index contributed by atoms with van der Waals surface area (Å²) in [4.78, 5) is 27.3. The van der Waals surface area contributed by atoms with Crippen molar-refractivity contribution in [2.45, 2.75) is 38.7 Å². The lowest BCUT2D eigenvalue weighted by Gasteiger charge is -2.27. The molecular formula is C19H24N2O4S. The molecule has 7 heteroatoms. The van der Waals surface area contributed by atoms with Crippen LogP contribution in [0.3, 0.4) is 0 Å². The van der Waals surface area contributed by atoms with Gasteiger partial charge in [0, 0.05) is 19.6 Å². The molecule has 26 heavy (non-hydrogen) atoms. The molecule has 6 nitrogen and oxygen atoms in total. The van der Waals surface area contributed by atoms with Crippen molar-refractivity contribution >= 4 is 23.2 Å². The molecule has 0 spiro atoms. The van der Waals surface area contributed by atoms with Crippen LogP contribution in [0, 0.1) is 13.8 Å². The number of aliphatic hydroxyl groups is 1. The molecule has 2 N–H and O–H groups in total. The van der Waals surface area contributed by atoms with Crippen molar-refractivity contribution in [3.05, 3.63) is 45.5 Å². The number of amides is 2. The fourth-order valence-corrected chi connectivity index (χ4v) is 4.00. The largest absolute Gasteiger partial charge is 0.466 e. The summed E-state index contributed by atoms with van der Waals surface area (Å²) < 4.78 is 5.38. The molecule has 0 bridgehead atoms. The number of likely N-dealkylation sites (tertiary alicyclic amines) is 1. The summed E-state index contributed by atoms with van der Waals surface area (Å²) in [6, 6.07) is 5.38. The van der Waals surface area contributed by atoms with Gasteiger partial charge in [-0.15, -0.1) is 11.3 Å². The van der Waals surface area contributed by atoms with E-state index in [-0.39, 0.29) is 18.4 Å². The van der Waals surface area contributed by atoms with E-state index >= 15 is 0 Å². The number of nitrogens with zero attached hydrogens (tertiary/aromatic N) is 1. The lowest BCUT2D eigenvalue weighted by molar-refractivity contribution is 0.0249. The Hall–Kier alpha value is -2.12. The van der Waals surface area contributed by atoms with E-state index in [4.69, 9.17) is 4.42 Å². The number of aryl methyl sites for hydroxylation is 2. The van der Waals surface area contributed by atoms with Crippen LogP contribution < -0.4 is 5.32 Å². The van der Waals surface area contributed by atoms with Gasteiger partial charge in [0.2, 0.25) is 0 Å². The molecule has 1 aliphatic rings. The molecule has 1 saturated heterocycles. The predicted molar refractivity (Wildman–Crippen MR) is 99.5 cm³/mol. The van der Waals surface area contributed by atoms with Crippen LogP contribution in [0.25, 0.3) is 0 Å². The summed E-state index contributed by atoms with van der Waals surface area (Å²) in [5.41, 5.74) is -0.512. The molecule has 140 valence electrons. The molecule has 0 radical (unpaired) electrons. The number of carbonyl (C=O) groups is 2. The van der Waals surface area contributed by atoms with Crippen molar-refractivity contribution in [3.63, 3.8) is 0 Å². The zero-order valence-corrected chi connectivity index (χ0v) is 15.9. The van der Waals surface area contributed by atoms with E-state index in [1.165, 1.54) is 11.3 Å². The molecule has 2 aromatic heterocycles. The lowest BCUT2D eigenvalue weighted by atomic mass is 9.95. The summed E-state index contributed by atoms with van der Waals surface area (Å²) in [6.45, 7) is 4.80. The van der Waals surface area contributed by atoms with Gasteiger partial charge in [0.1, 0.15) is 11.5 Å². The van der Waals surface area contributed by atoms with Gasteiger partial charge in [-0.3, -0.25) is 9.59 Å². The van der Waals surface area contributed by atoms with E-state index in [1.807, 2.05) is 17.5 Å². The number of furan rings is 1. The second-order valence-electron chi connectivity index (χ2n) is 6.86. The van der Waals surface area contributed by atoms with Gasteiger partial charge in [-0.05, 0) is 50.6 Å². The smallest absolute Gasteiger partial charge is 0.263 e. The summed E-state index contributed by atoms with van der Waals surface area (Å²) in [7, 11) is 0. The first-order valence-electron chi connectivity index (χ1n) is 8.78. The van der Waals surface area contributed by atoms with Crippen molar-refractivity contribution in [2.24, 2.45) is 0 Å². The van der Waals surface area contributed by atoms with E-state index in [9.17, 15) is 14.7 Å². The Balaban J connectivity index is 1.58. The average Bonchev–Trinajstić information content (AvgIpc) is 3.20. The number of thiophene rings is 1. The van der Waals surface area contributed by atoms with Crippen molar-refractivity contribution in [1.82, 2.24) is 10.2 Å². The van der Waals surface area contributed by atoms with Crippen LogP contribution in [0.2, 0.25) is 0 Å². The highest BCUT2D eigenvalue weighted by Gasteiger charge is 2.32. The molecule has 2 amide bonds. The number of hydrogen-bond donors (Lipinski definition) is 2. The maximum Gasteiger partial charge on any atom is 0.263 e. The average molecular weight is 376 g/mol. The Labute approximate surface area is 156 Å². The van der Waals surface area contributed by atoms with Crippen LogP contribution in [0.1, 0.15) is 50.8 Å². The van der Waals surface area contributed by atoms with Crippen molar-refractivity contribution in [2.75, 3.05) is 19.6 Å². The zero-order chi connectivity index (χ0) is 18.7. The van der Waals surface area contributed by atoms with Gasteiger partial charge in [0.05, 0.1) is 16.0 Å². The molecule has 1 fully saturated rings. The van der Waals surface area contributed by atoms with E-state index in [0.29, 0.717) is 49.4 Å². The minimum atomic E-state index is -1.01. The SMILES string of the molecule is Cc1cc(C(=O)NC[C@@]2(O)CCCN(C(=O)c3cccs3)CC2)c(C)o1. The third-order valence-electron chi connectivity index (χ3n) is 4.80. The Morgan fingerprint density at radius 1 is 1.35 bits per heavy atom. The lowest BCUT2D eigenvalue weighted by Crippen LogP contribution is -2.44. The van der Waals surface area contributed by atoms with E-state index < -0.39 is 5.60 Å². The highest BCUT2D eigenvalue weighted by molar-refractivity contribution is 7.12. The number of nitrogens with one attached hydrogen (secondary N) is 1. The third kappa shape index (κ3) is 4.16. The van der Waals surface area contributed by atoms with Gasteiger partial charge >= 0.3 is 0 Å². The Bertz CT molecular complexity index is 784. The van der Waals surface area contributed by atoms with Gasteiger partial charge in [-0.25, -0.2) is 0 Å². The second kappa shape index (κ2) is 7.63. The first-order valence-corrected chi connectivity index (χ1v) is 9.66. The third-order valence-corrected chi connectivity index (χ3v) is 5.66. The number of rotatable bonds is 4. The maximum absolute atomic E-state index is 12.5. The molecule has 0 unspecified atom stereocenters. The molecule has 0 aliphatic carbocycles. The van der Waals surface area contributed by atoms with Crippen molar-refractivity contribution < 1.29 is 19.1 Å². The van der Waals surface area contributed by atoms with Crippen LogP contribution in [-0.2, 0) is 0 Å². The quantitative estimate of drug-likeness (QED) is 0.860. The van der Waals surface area contributed by atoms with Crippen LogP contribution in [0.5, 0.6) is 0 Å². The minimum Gasteiger partial charge on any atom is -0.466 e. The van der Waals surface area contributed by atoms with Gasteiger partial charge in [0.15, 0.2) is 0 Å². The summed E-state index contributed by atoms with van der Waals surface area (Å²) in [5, 5.41) is 15.6. The molecule has 0 saturated carbocycles. The van der Waals surface area contributed by atoms with Crippen LogP contribution in [0.4, 0.5) is 0 Å².